The van der Waals surface area contributed by atoms with Gasteiger partial charge in [0.25, 0.3) is 0 Å². The van der Waals surface area contributed by atoms with Crippen LogP contribution in [0.5, 0.6) is 0 Å². The summed E-state index contributed by atoms with van der Waals surface area (Å²) >= 11 is 7.91. The Kier molecular flexibility index (Phi) is 6.84. The van der Waals surface area contributed by atoms with Crippen molar-refractivity contribution in [1.82, 2.24) is 10.3 Å². The molecule has 0 saturated heterocycles. The molecule has 1 aromatic heterocycles. The van der Waals surface area contributed by atoms with Crippen LogP contribution in [0.3, 0.4) is 0 Å². The van der Waals surface area contributed by atoms with Crippen LogP contribution in [0.15, 0.2) is 95.0 Å². The minimum atomic E-state index is -0.506. The largest absolute Gasteiger partial charge is 0.449 e. The first-order valence-corrected chi connectivity index (χ1v) is 12.3. The molecule has 1 N–H and O–H groups in total. The summed E-state index contributed by atoms with van der Waals surface area (Å²) in [7, 11) is 0. The molecule has 1 amide bonds. The number of nitrogens with one attached hydrogen (secondary N) is 1. The number of hydrogen-bond acceptors (Lipinski definition) is 5. The zero-order valence-corrected chi connectivity index (χ0v) is 20.2. The molecule has 1 aliphatic carbocycles. The molecule has 174 valence electrons. The van der Waals surface area contributed by atoms with E-state index >= 15 is 0 Å². The number of pyridine rings is 1. The molecule has 3 aromatic carbocycles. The van der Waals surface area contributed by atoms with Crippen molar-refractivity contribution in [3.63, 3.8) is 0 Å². The van der Waals surface area contributed by atoms with Crippen LogP contribution in [0.4, 0.5) is 4.79 Å². The fourth-order valence-electron chi connectivity index (χ4n) is 4.27. The predicted molar refractivity (Wildman–Crippen MR) is 137 cm³/mol. The molecule has 5 nitrogen and oxygen atoms in total. The fraction of sp³-hybridized carbons (Fsp3) is 0.107. The number of aldehydes is 1. The van der Waals surface area contributed by atoms with Gasteiger partial charge in [-0.3, -0.25) is 4.79 Å². The lowest BCUT2D eigenvalue weighted by atomic mass is 9.98. The quantitative estimate of drug-likeness (QED) is 0.285. The van der Waals surface area contributed by atoms with Crippen molar-refractivity contribution in [2.24, 2.45) is 0 Å². The standard InChI is InChI=1S/C28H21ClN2O3S/c29-26-18(7-5-13-25(26)35-27-19(16-32)8-6-14-30-27)15-31-28(33)34-17-24-22-11-3-1-9-20(22)21-10-2-4-12-23(21)24/h1-14,16,24H,15,17H2,(H,31,33). The maximum atomic E-state index is 12.5. The summed E-state index contributed by atoms with van der Waals surface area (Å²) in [4.78, 5) is 28.8. The highest BCUT2D eigenvalue weighted by Gasteiger charge is 2.29. The monoisotopic (exact) mass is 500 g/mol. The number of nitrogens with zero attached hydrogens (tertiary/aromatic N) is 1. The number of carbonyl (C=O) groups excluding carboxylic acids is 2. The average Bonchev–Trinajstić information content (AvgIpc) is 3.22. The molecule has 0 unspecified atom stereocenters. The number of ether oxygens (including phenoxy) is 1. The van der Waals surface area contributed by atoms with Crippen LogP contribution in [0, 0.1) is 0 Å². The molecule has 0 atom stereocenters. The molecular weight excluding hydrogens is 480 g/mol. The van der Waals surface area contributed by atoms with Gasteiger partial charge < -0.3 is 10.1 Å². The van der Waals surface area contributed by atoms with E-state index in [4.69, 9.17) is 16.3 Å². The number of aromatic nitrogens is 1. The van der Waals surface area contributed by atoms with E-state index in [1.165, 1.54) is 34.0 Å². The van der Waals surface area contributed by atoms with E-state index in [1.54, 1.807) is 18.3 Å². The summed E-state index contributed by atoms with van der Waals surface area (Å²) in [6.07, 6.45) is 1.89. The molecule has 0 aliphatic heterocycles. The number of rotatable bonds is 7. The van der Waals surface area contributed by atoms with E-state index in [0.717, 1.165) is 16.7 Å². The van der Waals surface area contributed by atoms with Crippen molar-refractivity contribution in [3.05, 3.63) is 112 Å². The van der Waals surface area contributed by atoms with Crippen molar-refractivity contribution >= 4 is 35.7 Å². The predicted octanol–water partition coefficient (Wildman–Crippen LogP) is 6.74. The highest BCUT2D eigenvalue weighted by atomic mass is 35.5. The molecule has 1 heterocycles. The van der Waals surface area contributed by atoms with Crippen LogP contribution in [0.25, 0.3) is 11.1 Å². The van der Waals surface area contributed by atoms with Crippen LogP contribution in [-0.4, -0.2) is 24.0 Å². The maximum absolute atomic E-state index is 12.5. The molecule has 0 saturated carbocycles. The third kappa shape index (κ3) is 4.81. The molecule has 4 aromatic rings. The van der Waals surface area contributed by atoms with Gasteiger partial charge in [-0.1, -0.05) is 84.0 Å². The fourth-order valence-corrected chi connectivity index (χ4v) is 5.50. The zero-order valence-electron chi connectivity index (χ0n) is 18.6. The first kappa shape index (κ1) is 23.1. The molecule has 7 heteroatoms. The number of amides is 1. The van der Waals surface area contributed by atoms with Gasteiger partial charge in [-0.15, -0.1) is 0 Å². The minimum Gasteiger partial charge on any atom is -0.449 e. The summed E-state index contributed by atoms with van der Waals surface area (Å²) in [6.45, 7) is 0.463. The van der Waals surface area contributed by atoms with E-state index in [0.29, 0.717) is 15.6 Å². The van der Waals surface area contributed by atoms with Crippen molar-refractivity contribution in [2.75, 3.05) is 6.61 Å². The van der Waals surface area contributed by atoms with E-state index < -0.39 is 6.09 Å². The number of carbonyl (C=O) groups is 2. The zero-order chi connectivity index (χ0) is 24.2. The number of benzene rings is 3. The van der Waals surface area contributed by atoms with E-state index in [-0.39, 0.29) is 19.1 Å². The van der Waals surface area contributed by atoms with Gasteiger partial charge in [-0.2, -0.15) is 0 Å². The molecule has 0 radical (unpaired) electrons. The lowest BCUT2D eigenvalue weighted by molar-refractivity contribution is 0.112. The smallest absolute Gasteiger partial charge is 0.407 e. The lowest BCUT2D eigenvalue weighted by Gasteiger charge is -2.15. The minimum absolute atomic E-state index is 0.00172. The second-order valence-electron chi connectivity index (χ2n) is 8.03. The van der Waals surface area contributed by atoms with Gasteiger partial charge in [0.1, 0.15) is 11.6 Å². The SMILES string of the molecule is O=Cc1cccnc1Sc1cccc(CNC(=O)OCC2c3ccccc3-c3ccccc32)c1Cl. The van der Waals surface area contributed by atoms with Crippen molar-refractivity contribution < 1.29 is 14.3 Å². The van der Waals surface area contributed by atoms with Crippen LogP contribution < -0.4 is 5.32 Å². The second kappa shape index (κ2) is 10.3. The molecule has 1 aliphatic rings. The van der Waals surface area contributed by atoms with Gasteiger partial charge in [0.2, 0.25) is 0 Å². The average molecular weight is 501 g/mol. The Bertz CT molecular complexity index is 1360. The first-order chi connectivity index (χ1) is 17.2. The summed E-state index contributed by atoms with van der Waals surface area (Å²) < 4.78 is 5.61. The van der Waals surface area contributed by atoms with Gasteiger partial charge in [0, 0.05) is 29.1 Å². The van der Waals surface area contributed by atoms with Crippen molar-refractivity contribution in [2.45, 2.75) is 22.4 Å². The van der Waals surface area contributed by atoms with Crippen LogP contribution in [0.2, 0.25) is 5.02 Å². The third-order valence-corrected chi connectivity index (χ3v) is 7.60. The summed E-state index contributed by atoms with van der Waals surface area (Å²) in [5.41, 5.74) is 5.94. The third-order valence-electron chi connectivity index (χ3n) is 5.94. The van der Waals surface area contributed by atoms with Crippen LogP contribution >= 0.6 is 23.4 Å². The molecule has 0 fully saturated rings. The van der Waals surface area contributed by atoms with E-state index in [2.05, 4.69) is 34.6 Å². The van der Waals surface area contributed by atoms with E-state index in [9.17, 15) is 9.59 Å². The van der Waals surface area contributed by atoms with Crippen LogP contribution in [-0.2, 0) is 11.3 Å². The molecule has 5 rings (SSSR count). The van der Waals surface area contributed by atoms with Crippen molar-refractivity contribution in [3.8, 4) is 11.1 Å². The van der Waals surface area contributed by atoms with Gasteiger partial charge in [0.15, 0.2) is 6.29 Å². The Hall–Kier alpha value is -3.61. The van der Waals surface area contributed by atoms with Gasteiger partial charge in [-0.05, 0) is 46.0 Å². The summed E-state index contributed by atoms with van der Waals surface area (Å²) in [5.74, 6) is 0.00172. The van der Waals surface area contributed by atoms with E-state index in [1.807, 2.05) is 42.5 Å². The van der Waals surface area contributed by atoms with Crippen LogP contribution in [0.1, 0.15) is 33.0 Å². The van der Waals surface area contributed by atoms with Gasteiger partial charge in [0.05, 0.1) is 5.02 Å². The Morgan fingerprint density at radius 1 is 0.971 bits per heavy atom. The number of halogens is 1. The Morgan fingerprint density at radius 3 is 2.40 bits per heavy atom. The Balaban J connectivity index is 1.23. The normalized spacial score (nSPS) is 12.0. The molecular formula is C28H21ClN2O3S. The second-order valence-corrected chi connectivity index (χ2v) is 9.43. The Morgan fingerprint density at radius 2 is 1.69 bits per heavy atom. The topological polar surface area (TPSA) is 68.3 Å². The summed E-state index contributed by atoms with van der Waals surface area (Å²) in [5, 5.41) is 3.87. The molecule has 35 heavy (non-hydrogen) atoms. The Labute approximate surface area is 212 Å². The molecule has 0 spiro atoms. The number of fused-ring (bicyclic) bond motifs is 3. The first-order valence-electron chi connectivity index (χ1n) is 11.1. The number of hydrogen-bond donors (Lipinski definition) is 1. The van der Waals surface area contributed by atoms with Crippen molar-refractivity contribution in [1.29, 1.82) is 0 Å². The number of alkyl carbamates (subject to hydrolysis) is 1. The lowest BCUT2D eigenvalue weighted by Crippen LogP contribution is -2.25. The maximum Gasteiger partial charge on any atom is 0.407 e. The van der Waals surface area contributed by atoms with Gasteiger partial charge >= 0.3 is 6.09 Å². The highest BCUT2D eigenvalue weighted by Crippen LogP contribution is 2.44. The summed E-state index contributed by atoms with van der Waals surface area (Å²) in [6, 6.07) is 25.4. The van der Waals surface area contributed by atoms with Gasteiger partial charge in [-0.25, -0.2) is 9.78 Å². The molecule has 0 bridgehead atoms. The highest BCUT2D eigenvalue weighted by molar-refractivity contribution is 7.99.